The summed E-state index contributed by atoms with van der Waals surface area (Å²) in [7, 11) is 6.40. The van der Waals surface area contributed by atoms with E-state index in [0.29, 0.717) is 77.0 Å². The van der Waals surface area contributed by atoms with Gasteiger partial charge in [0.05, 0.1) is 23.4 Å². The molecular weight excluding hydrogens is 806 g/mol. The zero-order valence-corrected chi connectivity index (χ0v) is 36.4. The van der Waals surface area contributed by atoms with Gasteiger partial charge in [0.2, 0.25) is 0 Å². The molecule has 0 saturated carbocycles. The number of benzene rings is 2. The molecule has 4 heterocycles. The standard InChI is InChI=1S/C20H25ClN2O4.C17H20ClNO3.C3H6ClNO.ClH/c1-11-8-12(2)15(14(21)9-11)16-17(27-19(25)23(4)5)20(22-18(16)24)6-7-26-13(3)10-20;1-9-6-10(2)13(12(18)7-9)14-15(20)17(19-16(14)21)4-5-22-11(3)8-17;1-5(2)3(4)6;/h8-9,13H,6-7,10H2,1-5H3,(H,22,24);6-7,11,20H,4-5,8H2,1-3H3,(H,19,21);1-2H3;1H/p-1. The van der Waals surface area contributed by atoms with Gasteiger partial charge in [-0.25, -0.2) is 4.79 Å². The van der Waals surface area contributed by atoms with E-state index in [1.165, 1.54) is 9.80 Å². The molecule has 4 amide bonds. The van der Waals surface area contributed by atoms with E-state index in [9.17, 15) is 24.3 Å². The summed E-state index contributed by atoms with van der Waals surface area (Å²) in [4.78, 5) is 50.4. The first-order chi connectivity index (χ1) is 25.6. The van der Waals surface area contributed by atoms with Crippen molar-refractivity contribution >= 4 is 69.2 Å². The molecule has 0 aliphatic carbocycles. The van der Waals surface area contributed by atoms with Crippen molar-refractivity contribution in [3.63, 3.8) is 0 Å². The largest absolute Gasteiger partial charge is 1.00 e. The maximum absolute atomic E-state index is 13.0. The summed E-state index contributed by atoms with van der Waals surface area (Å²) in [6.07, 6.45) is 1.59. The number of halogens is 4. The van der Waals surface area contributed by atoms with Crippen molar-refractivity contribution in [3.8, 4) is 0 Å². The Hall–Kier alpha value is -3.52. The minimum absolute atomic E-state index is 0. The Kier molecular flexibility index (Phi) is 15.8. The highest BCUT2D eigenvalue weighted by Crippen LogP contribution is 2.45. The Labute approximate surface area is 350 Å². The van der Waals surface area contributed by atoms with Crippen molar-refractivity contribution in [2.75, 3.05) is 41.4 Å². The normalized spacial score (nSPS) is 24.0. The fourth-order valence-corrected chi connectivity index (χ4v) is 8.27. The van der Waals surface area contributed by atoms with Gasteiger partial charge in [-0.05, 0) is 87.5 Å². The van der Waals surface area contributed by atoms with Crippen molar-refractivity contribution in [2.45, 2.75) is 90.5 Å². The zero-order chi connectivity index (χ0) is 41.2. The highest BCUT2D eigenvalue weighted by Gasteiger charge is 2.51. The highest BCUT2D eigenvalue weighted by atomic mass is 35.5. The third-order valence-electron chi connectivity index (χ3n) is 9.92. The predicted octanol–water partition coefficient (Wildman–Crippen LogP) is 4.64. The van der Waals surface area contributed by atoms with Gasteiger partial charge in [0.1, 0.15) is 22.6 Å². The maximum Gasteiger partial charge on any atom is 0.414 e. The van der Waals surface area contributed by atoms with Crippen LogP contribution in [0.15, 0.2) is 35.8 Å². The fraction of sp³-hybridized carbons (Fsp3) is 0.500. The second kappa shape index (κ2) is 18.8. The van der Waals surface area contributed by atoms with E-state index >= 15 is 0 Å². The smallest absolute Gasteiger partial charge is 0.414 e. The number of aryl methyl sites for hydroxylation is 4. The predicted molar refractivity (Wildman–Crippen MR) is 214 cm³/mol. The van der Waals surface area contributed by atoms with Crippen LogP contribution in [0.2, 0.25) is 10.0 Å². The number of carbonyl (C=O) groups excluding carboxylic acids is 4. The maximum atomic E-state index is 13.0. The number of nitrogens with zero attached hydrogens (tertiary/aromatic N) is 2. The van der Waals surface area contributed by atoms with Crippen LogP contribution in [0.3, 0.4) is 0 Å². The number of ether oxygens (including phenoxy) is 3. The summed E-state index contributed by atoms with van der Waals surface area (Å²) in [5, 5.41) is 17.4. The van der Waals surface area contributed by atoms with Crippen LogP contribution < -0.4 is 23.0 Å². The van der Waals surface area contributed by atoms with Gasteiger partial charge in [0, 0.05) is 88.3 Å². The first kappa shape index (κ1) is 46.9. The quantitative estimate of drug-likeness (QED) is 0.299. The topological polar surface area (TPSA) is 147 Å². The van der Waals surface area contributed by atoms with Crippen LogP contribution in [0.5, 0.6) is 0 Å². The molecule has 16 heteroatoms. The van der Waals surface area contributed by atoms with Crippen LogP contribution >= 0.6 is 34.8 Å². The Balaban J connectivity index is 0.000000262. The Morgan fingerprint density at radius 2 is 1.18 bits per heavy atom. The van der Waals surface area contributed by atoms with Crippen LogP contribution in [0.4, 0.5) is 9.59 Å². The second-order valence-corrected chi connectivity index (χ2v) is 16.2. The first-order valence-corrected chi connectivity index (χ1v) is 19.1. The summed E-state index contributed by atoms with van der Waals surface area (Å²) < 4.78 is 17.0. The monoisotopic (exact) mass is 855 g/mol. The average Bonchev–Trinajstić information content (AvgIpc) is 3.43. The Morgan fingerprint density at radius 3 is 1.61 bits per heavy atom. The van der Waals surface area contributed by atoms with Gasteiger partial charge in [-0.15, -0.1) is 0 Å². The van der Waals surface area contributed by atoms with Gasteiger partial charge < -0.3 is 52.2 Å². The molecule has 2 aromatic carbocycles. The lowest BCUT2D eigenvalue weighted by molar-refractivity contribution is -0.118. The molecule has 4 unspecified atom stereocenters. The van der Waals surface area contributed by atoms with Crippen molar-refractivity contribution in [3.05, 3.63) is 79.2 Å². The number of nitrogens with one attached hydrogen (secondary N) is 2. The Bertz CT molecular complexity index is 1890. The van der Waals surface area contributed by atoms with E-state index in [2.05, 4.69) is 10.6 Å². The molecule has 2 spiro atoms. The number of aliphatic hydroxyl groups is 1. The van der Waals surface area contributed by atoms with Crippen LogP contribution in [0.1, 0.15) is 72.9 Å². The molecule has 4 atom stereocenters. The molecule has 4 aliphatic rings. The molecule has 308 valence electrons. The van der Waals surface area contributed by atoms with Crippen LogP contribution in [-0.4, -0.2) is 103 Å². The van der Waals surface area contributed by atoms with Gasteiger partial charge >= 0.3 is 11.5 Å². The van der Waals surface area contributed by atoms with Gasteiger partial charge in [-0.1, -0.05) is 35.3 Å². The molecule has 0 radical (unpaired) electrons. The van der Waals surface area contributed by atoms with Crippen molar-refractivity contribution in [2.24, 2.45) is 0 Å². The minimum atomic E-state index is -0.767. The molecular formula is C40H51Cl4N4O8-. The van der Waals surface area contributed by atoms with Crippen molar-refractivity contribution in [1.82, 2.24) is 20.4 Å². The van der Waals surface area contributed by atoms with Crippen LogP contribution in [0.25, 0.3) is 11.1 Å². The summed E-state index contributed by atoms with van der Waals surface area (Å²) >= 11 is 17.8. The number of hydrogen-bond acceptors (Lipinski definition) is 8. The summed E-state index contributed by atoms with van der Waals surface area (Å²) in [5.41, 5.74) is 4.16. The lowest BCUT2D eigenvalue weighted by Gasteiger charge is -2.38. The highest BCUT2D eigenvalue weighted by molar-refractivity contribution is 6.62. The van der Waals surface area contributed by atoms with Crippen LogP contribution in [0, 0.1) is 27.7 Å². The lowest BCUT2D eigenvalue weighted by Crippen LogP contribution is -3.00. The van der Waals surface area contributed by atoms with Gasteiger partial charge in [-0.2, -0.15) is 0 Å². The molecule has 4 aliphatic heterocycles. The average molecular weight is 858 g/mol. The molecule has 2 saturated heterocycles. The van der Waals surface area contributed by atoms with E-state index in [1.807, 2.05) is 65.8 Å². The minimum Gasteiger partial charge on any atom is -1.00 e. The van der Waals surface area contributed by atoms with Crippen LogP contribution in [-0.2, 0) is 23.8 Å². The summed E-state index contributed by atoms with van der Waals surface area (Å²) in [6, 6.07) is 7.55. The molecule has 3 N–H and O–H groups in total. The molecule has 2 fully saturated rings. The first-order valence-electron chi connectivity index (χ1n) is 18.0. The molecule has 2 aromatic rings. The van der Waals surface area contributed by atoms with Crippen molar-refractivity contribution in [1.29, 1.82) is 0 Å². The van der Waals surface area contributed by atoms with E-state index in [1.54, 1.807) is 28.2 Å². The van der Waals surface area contributed by atoms with E-state index in [-0.39, 0.29) is 42.2 Å². The van der Waals surface area contributed by atoms with Gasteiger partial charge in [0.25, 0.3) is 11.8 Å². The molecule has 6 rings (SSSR count). The number of carbonyl (C=O) groups is 4. The SMILES string of the molecule is CN(C)C(=O)Cl.Cc1cc(C)c(C2=C(O)C3(CCOC(C)C3)NC2=O)c(Cl)c1.Cc1cc(C)c(C2=C(OC(=O)N(C)C)C3(CCOC(C)C3)NC2=O)c(Cl)c1.[Cl-]. The zero-order valence-electron chi connectivity index (χ0n) is 33.4. The summed E-state index contributed by atoms with van der Waals surface area (Å²) in [6.45, 7) is 12.6. The van der Waals surface area contributed by atoms with E-state index in [0.717, 1.165) is 22.3 Å². The third kappa shape index (κ3) is 10.1. The number of rotatable bonds is 3. The number of aliphatic hydroxyl groups excluding tert-OH is 1. The molecule has 0 aromatic heterocycles. The third-order valence-corrected chi connectivity index (χ3v) is 10.8. The Morgan fingerprint density at radius 1 is 0.768 bits per heavy atom. The van der Waals surface area contributed by atoms with Crippen molar-refractivity contribution < 1.29 is 50.9 Å². The fourth-order valence-electron chi connectivity index (χ4n) is 7.44. The van der Waals surface area contributed by atoms with Gasteiger partial charge in [0.15, 0.2) is 0 Å². The summed E-state index contributed by atoms with van der Waals surface area (Å²) in [5.74, 6) is -0.100. The molecule has 56 heavy (non-hydrogen) atoms. The lowest BCUT2D eigenvalue weighted by atomic mass is 9.84. The number of hydrogen-bond donors (Lipinski definition) is 3. The second-order valence-electron chi connectivity index (χ2n) is 15.1. The van der Waals surface area contributed by atoms with E-state index < -0.39 is 22.5 Å². The molecule has 12 nitrogen and oxygen atoms in total. The molecule has 0 bridgehead atoms. The van der Waals surface area contributed by atoms with Gasteiger partial charge in [-0.3, -0.25) is 14.4 Å². The van der Waals surface area contributed by atoms with E-state index in [4.69, 9.17) is 49.0 Å². The number of amides is 4.